The Balaban J connectivity index is 4.40. The second-order valence-corrected chi connectivity index (χ2v) is 8.10. The number of hydrogen-bond acceptors (Lipinski definition) is 2. The van der Waals surface area contributed by atoms with E-state index in [2.05, 4.69) is 20.6 Å². The molecular formula is C2H9O4PS2. The summed E-state index contributed by atoms with van der Waals surface area (Å²) < 4.78 is 9.08. The predicted molar refractivity (Wildman–Crippen MR) is 41.7 cm³/mol. The van der Waals surface area contributed by atoms with E-state index in [4.69, 9.17) is 9.79 Å². The summed E-state index contributed by atoms with van der Waals surface area (Å²) in [7, 11) is 1.38. The molecule has 0 unspecified atom stereocenters. The fraction of sp³-hybridized carbons (Fsp3) is 1.00. The first-order valence-electron chi connectivity index (χ1n) is 1.93. The van der Waals surface area contributed by atoms with E-state index in [1.54, 1.807) is 0 Å². The molecule has 0 saturated heterocycles. The maximum atomic E-state index is 8.77. The number of thiol groups is 1. The van der Waals surface area contributed by atoms with E-state index in [9.17, 15) is 0 Å². The topological polar surface area (TPSA) is 58.9 Å². The van der Waals surface area contributed by atoms with Gasteiger partial charge in [-0.25, -0.2) is 0 Å². The molecule has 2 N–H and O–H groups in total. The standard InChI is InChI=1S/C2H9O4PS2/c1-5-9(6-2)7(3,4)8/h3-4,8H,1-2H3. The van der Waals surface area contributed by atoms with Gasteiger partial charge in [-0.3, -0.25) is 8.37 Å². The molecule has 4 nitrogen and oxygen atoms in total. The van der Waals surface area contributed by atoms with E-state index in [0.29, 0.717) is 0 Å². The molecule has 0 aliphatic heterocycles. The molecular weight excluding hydrogens is 183 g/mol. The van der Waals surface area contributed by atoms with Crippen molar-refractivity contribution < 1.29 is 18.2 Å². The van der Waals surface area contributed by atoms with Gasteiger partial charge in [0.1, 0.15) is 10.6 Å². The Labute approximate surface area is 61.5 Å². The summed E-state index contributed by atoms with van der Waals surface area (Å²) in [6.45, 7) is 0. The Bertz CT molecular complexity index is 125. The summed E-state index contributed by atoms with van der Waals surface area (Å²) in [5.41, 5.74) is -3.25. The molecule has 0 fully saturated rings. The van der Waals surface area contributed by atoms with Crippen LogP contribution in [0.25, 0.3) is 0 Å². The van der Waals surface area contributed by atoms with Crippen LogP contribution in [0.3, 0.4) is 0 Å². The molecule has 0 radical (unpaired) electrons. The Morgan fingerprint density at radius 1 is 1.33 bits per heavy atom. The fourth-order valence-corrected chi connectivity index (χ4v) is 3.20. The van der Waals surface area contributed by atoms with E-state index in [-0.39, 0.29) is 0 Å². The van der Waals surface area contributed by atoms with Gasteiger partial charge >= 0.3 is 0 Å². The molecule has 0 aliphatic carbocycles. The number of hydrogen-bond donors (Lipinski definition) is 3. The highest BCUT2D eigenvalue weighted by Crippen LogP contribution is 2.47. The molecule has 0 aromatic heterocycles. The van der Waals surface area contributed by atoms with Crippen LogP contribution in [0.1, 0.15) is 0 Å². The molecule has 0 bridgehead atoms. The minimum Gasteiger partial charge on any atom is -0.339 e. The zero-order chi connectivity index (χ0) is 7.49. The smallest absolute Gasteiger partial charge is 0.249 e. The zero-order valence-electron chi connectivity index (χ0n) is 5.01. The van der Waals surface area contributed by atoms with Gasteiger partial charge in [0.25, 0.3) is 0 Å². The van der Waals surface area contributed by atoms with Crippen molar-refractivity contribution in [3.05, 3.63) is 0 Å². The first-order chi connectivity index (χ1) is 4.02. The molecule has 0 aromatic rings. The summed E-state index contributed by atoms with van der Waals surface area (Å²) in [5, 5.41) is 0. The minimum atomic E-state index is -3.25. The molecule has 0 rings (SSSR count). The predicted octanol–water partition coefficient (Wildman–Crippen LogP) is 0.319. The molecule has 0 atom stereocenters. The SMILES string of the molecule is COS(OC)=P(O)(O)S. The van der Waals surface area contributed by atoms with E-state index >= 15 is 0 Å². The van der Waals surface area contributed by atoms with Crippen LogP contribution in [-0.4, -0.2) is 24.0 Å². The van der Waals surface area contributed by atoms with Gasteiger partial charge in [0.05, 0.1) is 14.2 Å². The zero-order valence-corrected chi connectivity index (χ0v) is 7.62. The van der Waals surface area contributed by atoms with Crippen molar-refractivity contribution in [3.63, 3.8) is 0 Å². The first kappa shape index (κ1) is 9.97. The van der Waals surface area contributed by atoms with Crippen molar-refractivity contribution >= 4 is 28.6 Å². The Kier molecular flexibility index (Phi) is 4.41. The van der Waals surface area contributed by atoms with Gasteiger partial charge in [0.2, 0.25) is 5.69 Å². The average molecular weight is 192 g/mol. The molecule has 0 saturated carbocycles. The molecule has 0 spiro atoms. The van der Waals surface area contributed by atoms with Crippen LogP contribution < -0.4 is 0 Å². The van der Waals surface area contributed by atoms with E-state index in [1.807, 2.05) is 0 Å². The summed E-state index contributed by atoms with van der Waals surface area (Å²) in [4.78, 5) is 17.5. The minimum absolute atomic E-state index is 1.27. The normalized spacial score (nSPS) is 12.7. The summed E-state index contributed by atoms with van der Waals surface area (Å²) >= 11 is 3.49. The lowest BCUT2D eigenvalue weighted by atomic mass is 11.8. The van der Waals surface area contributed by atoms with Crippen LogP contribution in [0.4, 0.5) is 0 Å². The van der Waals surface area contributed by atoms with Gasteiger partial charge in [0, 0.05) is 0 Å². The first-order valence-corrected chi connectivity index (χ1v) is 6.46. The van der Waals surface area contributed by atoms with Crippen LogP contribution in [0.5, 0.6) is 0 Å². The lowest BCUT2D eigenvalue weighted by molar-refractivity contribution is 0.369. The molecule has 0 aromatic carbocycles. The molecule has 0 heterocycles. The van der Waals surface area contributed by atoms with Gasteiger partial charge in [-0.1, -0.05) is 12.2 Å². The second kappa shape index (κ2) is 3.98. The van der Waals surface area contributed by atoms with Crippen LogP contribution in [0.2, 0.25) is 0 Å². The van der Waals surface area contributed by atoms with Crippen LogP contribution in [0, 0.1) is 0 Å². The average Bonchev–Trinajstić information content (AvgIpc) is 1.65. The number of rotatable bonds is 2. The maximum absolute atomic E-state index is 8.77. The highest BCUT2D eigenvalue weighted by Gasteiger charge is 2.09. The monoisotopic (exact) mass is 192 g/mol. The highest BCUT2D eigenvalue weighted by molar-refractivity contribution is 8.64. The van der Waals surface area contributed by atoms with Crippen LogP contribution in [0.15, 0.2) is 0 Å². The summed E-state index contributed by atoms with van der Waals surface area (Å²) in [6, 6.07) is 0. The van der Waals surface area contributed by atoms with E-state index in [0.717, 1.165) is 0 Å². The van der Waals surface area contributed by atoms with Gasteiger partial charge in [-0.05, 0) is 0 Å². The Morgan fingerprint density at radius 2 is 1.67 bits per heavy atom. The second-order valence-electron chi connectivity index (χ2n) is 1.06. The van der Waals surface area contributed by atoms with Gasteiger partial charge in [-0.2, -0.15) is 0 Å². The van der Waals surface area contributed by atoms with Crippen LogP contribution in [-0.2, 0) is 19.0 Å². The van der Waals surface area contributed by atoms with Gasteiger partial charge in [0.15, 0.2) is 0 Å². The molecule has 0 aliphatic rings. The maximum Gasteiger partial charge on any atom is 0.249 e. The lowest BCUT2D eigenvalue weighted by Crippen LogP contribution is -1.95. The summed E-state index contributed by atoms with van der Waals surface area (Å²) in [6.07, 6.45) is 0. The van der Waals surface area contributed by atoms with Crippen molar-refractivity contribution in [2.75, 3.05) is 14.2 Å². The third kappa shape index (κ3) is 3.62. The van der Waals surface area contributed by atoms with Crippen molar-refractivity contribution in [3.8, 4) is 0 Å². The van der Waals surface area contributed by atoms with Crippen molar-refractivity contribution in [2.45, 2.75) is 0 Å². The largest absolute Gasteiger partial charge is 0.339 e. The Morgan fingerprint density at radius 3 is 1.67 bits per heavy atom. The molecule has 58 valence electrons. The quantitative estimate of drug-likeness (QED) is 0.435. The van der Waals surface area contributed by atoms with Crippen molar-refractivity contribution in [1.29, 1.82) is 0 Å². The lowest BCUT2D eigenvalue weighted by Gasteiger charge is -2.09. The van der Waals surface area contributed by atoms with Crippen LogP contribution >= 0.6 is 17.9 Å². The molecule has 9 heavy (non-hydrogen) atoms. The fourth-order valence-electron chi connectivity index (χ4n) is 0.268. The Hall–Kier alpha value is 0.970. The molecule has 7 heteroatoms. The van der Waals surface area contributed by atoms with Gasteiger partial charge < -0.3 is 9.79 Å². The van der Waals surface area contributed by atoms with Crippen molar-refractivity contribution in [1.82, 2.24) is 0 Å². The van der Waals surface area contributed by atoms with E-state index < -0.39 is 16.3 Å². The molecule has 0 amide bonds. The highest BCUT2D eigenvalue weighted by atomic mass is 32.9. The third-order valence-corrected chi connectivity index (χ3v) is 4.75. The summed E-state index contributed by atoms with van der Waals surface area (Å²) in [5.74, 6) is 0. The van der Waals surface area contributed by atoms with E-state index in [1.165, 1.54) is 14.2 Å². The third-order valence-electron chi connectivity index (χ3n) is 0.485. The van der Waals surface area contributed by atoms with Crippen molar-refractivity contribution in [2.24, 2.45) is 0 Å². The van der Waals surface area contributed by atoms with Gasteiger partial charge in [-0.15, -0.1) is 0 Å².